The van der Waals surface area contributed by atoms with Gasteiger partial charge < -0.3 is 4.74 Å². The first-order valence-corrected chi connectivity index (χ1v) is 17.2. The van der Waals surface area contributed by atoms with Gasteiger partial charge in [0.2, 0.25) is 0 Å². The number of hydrogen-bond donors (Lipinski definition) is 0. The summed E-state index contributed by atoms with van der Waals surface area (Å²) in [6, 6.07) is 26.9. The topological polar surface area (TPSA) is 9.23 Å². The van der Waals surface area contributed by atoms with Gasteiger partial charge in [0.05, 0.1) is 6.26 Å². The molecule has 0 spiro atoms. The first-order valence-electron chi connectivity index (χ1n) is 10.7. The van der Waals surface area contributed by atoms with Crippen molar-refractivity contribution in [2.75, 3.05) is 0 Å². The van der Waals surface area contributed by atoms with Crippen molar-refractivity contribution >= 4 is 18.3 Å². The van der Waals surface area contributed by atoms with Gasteiger partial charge in [0.1, 0.15) is 5.75 Å². The van der Waals surface area contributed by atoms with Crippen LogP contribution in [0.15, 0.2) is 104 Å². The molecule has 3 aromatic carbocycles. The summed E-state index contributed by atoms with van der Waals surface area (Å²) in [6.07, 6.45) is 8.26. The van der Waals surface area contributed by atoms with E-state index >= 15 is 0 Å². The monoisotopic (exact) mass is 458 g/mol. The summed E-state index contributed by atoms with van der Waals surface area (Å²) in [5.74, 6) is 0.838. The molecule has 1 aliphatic rings. The molecule has 156 valence electrons. The molecule has 1 nitrogen and oxygen atoms in total. The standard InChI is InChI=1S/C17H16O.C9H7.C2H7Si.Ti/c1-3-15(16-9-5-4-6-10-16)13-18-17-11-7-8-14(2)12-17;1-2-5-9-7-3-6-8(9)4-1;1-3-2;/h3-13H,1H2,2H3;1-7H;3H,1-2H3;. The van der Waals surface area contributed by atoms with Crippen LogP contribution in [0.3, 0.4) is 0 Å². The molecule has 0 N–H and O–H groups in total. The first-order chi connectivity index (χ1) is 15.1. The van der Waals surface area contributed by atoms with Gasteiger partial charge in [0.25, 0.3) is 0 Å². The number of allylic oxidation sites excluding steroid dienone is 3. The molecule has 1 aliphatic carbocycles. The summed E-state index contributed by atoms with van der Waals surface area (Å²) in [4.78, 5) is 0. The maximum absolute atomic E-state index is 5.66. The van der Waals surface area contributed by atoms with Gasteiger partial charge in [-0.15, -0.1) is 0 Å². The molecular formula is C28H30OSiTi. The van der Waals surface area contributed by atoms with Crippen LogP contribution in [0.25, 0.3) is 11.6 Å². The van der Waals surface area contributed by atoms with E-state index in [9.17, 15) is 0 Å². The Hall–Kier alpha value is -2.39. The second-order valence-electron chi connectivity index (χ2n) is 7.86. The van der Waals surface area contributed by atoms with E-state index in [2.05, 4.69) is 56.1 Å². The van der Waals surface area contributed by atoms with Gasteiger partial charge in [-0.2, -0.15) is 0 Å². The van der Waals surface area contributed by atoms with E-state index in [1.54, 1.807) is 17.9 Å². The van der Waals surface area contributed by atoms with Gasteiger partial charge in [0, 0.05) is 5.57 Å². The van der Waals surface area contributed by atoms with Crippen LogP contribution in [0.1, 0.15) is 26.5 Å². The number of aryl methyl sites for hydroxylation is 1. The number of benzene rings is 3. The van der Waals surface area contributed by atoms with Gasteiger partial charge in [0.15, 0.2) is 0 Å². The van der Waals surface area contributed by atoms with E-state index in [0.717, 1.165) is 21.1 Å². The molecule has 0 aliphatic heterocycles. The second kappa shape index (κ2) is 11.9. The van der Waals surface area contributed by atoms with E-state index < -0.39 is 0 Å². The van der Waals surface area contributed by atoms with Gasteiger partial charge in [-0.1, -0.05) is 55.1 Å². The molecular weight excluding hydrogens is 428 g/mol. The van der Waals surface area contributed by atoms with Crippen molar-refractivity contribution in [1.29, 1.82) is 0 Å². The summed E-state index contributed by atoms with van der Waals surface area (Å²) >= 11 is 0.290. The molecule has 0 radical (unpaired) electrons. The molecule has 31 heavy (non-hydrogen) atoms. The average Bonchev–Trinajstić information content (AvgIpc) is 3.18. The molecule has 4 rings (SSSR count). The van der Waals surface area contributed by atoms with Crippen LogP contribution in [-0.4, -0.2) is 6.66 Å². The fourth-order valence-electron chi connectivity index (χ4n) is 3.44. The van der Waals surface area contributed by atoms with Crippen LogP contribution < -0.4 is 4.74 Å². The summed E-state index contributed by atoms with van der Waals surface area (Å²) in [5.41, 5.74) is 6.31. The maximum atomic E-state index is 5.66. The van der Waals surface area contributed by atoms with Crippen molar-refractivity contribution in [2.24, 2.45) is 0 Å². The Morgan fingerprint density at radius 2 is 1.71 bits per heavy atom. The third-order valence-corrected chi connectivity index (χ3v) is 11.6. The van der Waals surface area contributed by atoms with Gasteiger partial charge in [-0.3, -0.25) is 0 Å². The van der Waals surface area contributed by atoms with E-state index in [-0.39, 0.29) is 6.66 Å². The molecule has 0 fully saturated rings. The molecule has 3 heteroatoms. The van der Waals surface area contributed by atoms with Crippen molar-refractivity contribution in [3.8, 4) is 5.75 Å². The van der Waals surface area contributed by atoms with Crippen LogP contribution >= 0.6 is 0 Å². The van der Waals surface area contributed by atoms with Crippen molar-refractivity contribution in [3.05, 3.63) is 126 Å². The Morgan fingerprint density at radius 3 is 2.42 bits per heavy atom. The van der Waals surface area contributed by atoms with Crippen LogP contribution in [-0.2, 0) is 18.4 Å². The molecule has 0 bridgehead atoms. The molecule has 0 aromatic heterocycles. The van der Waals surface area contributed by atoms with Gasteiger partial charge >= 0.3 is 89.9 Å². The fourth-order valence-corrected chi connectivity index (χ4v) is 9.73. The average molecular weight is 459 g/mol. The third kappa shape index (κ3) is 7.07. The zero-order valence-corrected chi connectivity index (χ0v) is 21.3. The predicted octanol–water partition coefficient (Wildman–Crippen LogP) is 7.42. The van der Waals surface area contributed by atoms with Crippen molar-refractivity contribution < 1.29 is 23.1 Å². The van der Waals surface area contributed by atoms with Gasteiger partial charge in [-0.05, 0) is 30.2 Å². The molecule has 0 saturated heterocycles. The van der Waals surface area contributed by atoms with E-state index in [0.29, 0.717) is 18.4 Å². The molecule has 1 atom stereocenters. The SMILES string of the molecule is C=CC(=COc1cccc(C)c1)c1ccccc1.C[SiH](C)[Ti][CH]1C=Cc2ccccc21. The summed E-state index contributed by atoms with van der Waals surface area (Å²) in [6.45, 7) is 10.5. The Balaban J connectivity index is 0.000000185. The number of hydrogen-bond acceptors (Lipinski definition) is 1. The van der Waals surface area contributed by atoms with Crippen molar-refractivity contribution in [2.45, 2.75) is 24.2 Å². The Kier molecular flexibility index (Phi) is 8.90. The zero-order valence-electron chi connectivity index (χ0n) is 18.6. The molecule has 3 aromatic rings. The predicted molar refractivity (Wildman–Crippen MR) is 134 cm³/mol. The Labute approximate surface area is 196 Å². The summed E-state index contributed by atoms with van der Waals surface area (Å²) < 4.78 is 6.51. The van der Waals surface area contributed by atoms with Crippen LogP contribution in [0, 0.1) is 6.92 Å². The van der Waals surface area contributed by atoms with E-state index in [4.69, 9.17) is 4.74 Å². The Morgan fingerprint density at radius 1 is 0.968 bits per heavy atom. The second-order valence-corrected chi connectivity index (χ2v) is 18.4. The quantitative estimate of drug-likeness (QED) is 0.212. The van der Waals surface area contributed by atoms with Crippen molar-refractivity contribution in [1.82, 2.24) is 0 Å². The van der Waals surface area contributed by atoms with Gasteiger partial charge in [-0.25, -0.2) is 0 Å². The summed E-state index contributed by atoms with van der Waals surface area (Å²) in [7, 11) is 0. The normalized spacial score (nSPS) is 14.5. The summed E-state index contributed by atoms with van der Waals surface area (Å²) in [5, 5.41) is 0. The molecule has 1 unspecified atom stereocenters. The molecule has 0 saturated carbocycles. The minimum atomic E-state index is -0.309. The molecule has 0 amide bonds. The fraction of sp³-hybridized carbons (Fsp3) is 0.143. The van der Waals surface area contributed by atoms with Crippen LogP contribution in [0.4, 0.5) is 0 Å². The number of fused-ring (bicyclic) bond motifs is 1. The van der Waals surface area contributed by atoms with Crippen LogP contribution in [0.2, 0.25) is 13.1 Å². The number of rotatable bonds is 6. The first kappa shape index (κ1) is 23.3. The molecule has 0 heterocycles. The minimum absolute atomic E-state index is 0.290. The zero-order chi connectivity index (χ0) is 22.1. The van der Waals surface area contributed by atoms with E-state index in [1.807, 2.05) is 61.5 Å². The van der Waals surface area contributed by atoms with E-state index in [1.165, 1.54) is 11.1 Å². The number of ether oxygens (including phenoxy) is 1. The Bertz CT molecular complexity index is 1050. The van der Waals surface area contributed by atoms with Crippen molar-refractivity contribution in [3.63, 3.8) is 0 Å². The van der Waals surface area contributed by atoms with Crippen LogP contribution in [0.5, 0.6) is 5.75 Å². The third-order valence-electron chi connectivity index (χ3n) is 4.95.